The quantitative estimate of drug-likeness (QED) is 0.789. The number of nitrogens with one attached hydrogen (secondary N) is 2. The fourth-order valence-corrected chi connectivity index (χ4v) is 5.17. The van der Waals surface area contributed by atoms with Gasteiger partial charge in [-0.2, -0.15) is 0 Å². The van der Waals surface area contributed by atoms with Crippen LogP contribution in [-0.2, 0) is 4.79 Å². The van der Waals surface area contributed by atoms with Crippen LogP contribution in [0.5, 0.6) is 0 Å². The highest BCUT2D eigenvalue weighted by Gasteiger charge is 2.23. The lowest BCUT2D eigenvalue weighted by molar-refractivity contribution is -0.120. The smallest absolute Gasteiger partial charge is 0.239 e. The minimum atomic E-state index is -0.280. The van der Waals surface area contributed by atoms with E-state index in [1.807, 2.05) is 18.7 Å². The van der Waals surface area contributed by atoms with Crippen molar-refractivity contribution in [3.05, 3.63) is 41.2 Å². The molecule has 4 nitrogen and oxygen atoms in total. The molecule has 1 saturated carbocycles. The molecule has 25 heavy (non-hydrogen) atoms. The first-order valence-electron chi connectivity index (χ1n) is 8.46. The number of nitrogens with zero attached hydrogens (tertiary/aromatic N) is 1. The number of anilines is 1. The Kier molecular flexibility index (Phi) is 6.31. The molecule has 7 heteroatoms. The number of hydrogen-bond acceptors (Lipinski definition) is 5. The van der Waals surface area contributed by atoms with Gasteiger partial charge in [0.25, 0.3) is 0 Å². The molecule has 1 heterocycles. The number of benzene rings is 1. The maximum absolute atomic E-state index is 12.9. The summed E-state index contributed by atoms with van der Waals surface area (Å²) in [5.74, 6) is -0.298. The van der Waals surface area contributed by atoms with Crippen molar-refractivity contribution in [2.24, 2.45) is 0 Å². The third kappa shape index (κ3) is 5.71. The van der Waals surface area contributed by atoms with Crippen LogP contribution >= 0.6 is 23.1 Å². The Hall–Kier alpha value is -1.60. The van der Waals surface area contributed by atoms with E-state index >= 15 is 0 Å². The molecule has 2 N–H and O–H groups in total. The highest BCUT2D eigenvalue weighted by molar-refractivity contribution is 8.01. The van der Waals surface area contributed by atoms with Crippen molar-refractivity contribution >= 4 is 34.7 Å². The molecule has 1 amide bonds. The van der Waals surface area contributed by atoms with Crippen molar-refractivity contribution < 1.29 is 9.18 Å². The maximum Gasteiger partial charge on any atom is 0.239 e. The van der Waals surface area contributed by atoms with Gasteiger partial charge in [0, 0.05) is 28.1 Å². The van der Waals surface area contributed by atoms with Gasteiger partial charge < -0.3 is 10.6 Å². The summed E-state index contributed by atoms with van der Waals surface area (Å²) in [5.41, 5.74) is 1.83. The molecule has 0 bridgehead atoms. The van der Waals surface area contributed by atoms with E-state index in [0.29, 0.717) is 5.25 Å². The summed E-state index contributed by atoms with van der Waals surface area (Å²) >= 11 is 3.58. The summed E-state index contributed by atoms with van der Waals surface area (Å²) in [7, 11) is 0. The lowest BCUT2D eigenvalue weighted by Crippen LogP contribution is -2.40. The van der Waals surface area contributed by atoms with Crippen molar-refractivity contribution in [3.63, 3.8) is 0 Å². The van der Waals surface area contributed by atoms with Crippen LogP contribution in [0.15, 0.2) is 34.0 Å². The molecule has 1 aliphatic carbocycles. The molecule has 2 aromatic rings. The molecule has 134 valence electrons. The highest BCUT2D eigenvalue weighted by Crippen LogP contribution is 2.35. The number of carbonyl (C=O) groups is 1. The molecule has 3 rings (SSSR count). The largest absolute Gasteiger partial charge is 0.376 e. The Labute approximate surface area is 155 Å². The fourth-order valence-electron chi connectivity index (χ4n) is 2.88. The summed E-state index contributed by atoms with van der Waals surface area (Å²) in [5, 5.41) is 8.79. The third-order valence-electron chi connectivity index (χ3n) is 4.20. The Morgan fingerprint density at radius 3 is 2.64 bits per heavy atom. The van der Waals surface area contributed by atoms with E-state index < -0.39 is 0 Å². The number of aryl methyl sites for hydroxylation is 1. The second kappa shape index (κ2) is 8.67. The van der Waals surface area contributed by atoms with Gasteiger partial charge in [-0.15, -0.1) is 11.3 Å². The van der Waals surface area contributed by atoms with Gasteiger partial charge in [-0.25, -0.2) is 9.37 Å². The van der Waals surface area contributed by atoms with Crippen LogP contribution < -0.4 is 10.6 Å². The molecule has 1 aromatic heterocycles. The number of hydrogen-bond donors (Lipinski definition) is 2. The molecular formula is C18H22FN3OS2. The minimum absolute atomic E-state index is 0.0176. The van der Waals surface area contributed by atoms with Crippen LogP contribution in [0.2, 0.25) is 0 Å². The molecular weight excluding hydrogens is 357 g/mol. The van der Waals surface area contributed by atoms with Crippen LogP contribution in [-0.4, -0.2) is 28.7 Å². The van der Waals surface area contributed by atoms with Crippen molar-refractivity contribution in [2.45, 2.75) is 48.2 Å². The van der Waals surface area contributed by atoms with Gasteiger partial charge in [0.2, 0.25) is 5.91 Å². The number of rotatable bonds is 6. The van der Waals surface area contributed by atoms with Crippen molar-refractivity contribution in [1.29, 1.82) is 0 Å². The monoisotopic (exact) mass is 379 g/mol. The predicted molar refractivity (Wildman–Crippen MR) is 102 cm³/mol. The number of halogens is 1. The number of carbonyl (C=O) groups excluding carboxylic acids is 1. The minimum Gasteiger partial charge on any atom is -0.376 e. The van der Waals surface area contributed by atoms with E-state index in [4.69, 9.17) is 0 Å². The van der Waals surface area contributed by atoms with Crippen molar-refractivity contribution in [2.75, 3.05) is 11.9 Å². The topological polar surface area (TPSA) is 54.0 Å². The van der Waals surface area contributed by atoms with Crippen LogP contribution in [0.25, 0.3) is 0 Å². The van der Waals surface area contributed by atoms with Gasteiger partial charge in [-0.05, 0) is 56.9 Å². The van der Waals surface area contributed by atoms with Crippen molar-refractivity contribution in [1.82, 2.24) is 10.3 Å². The number of aromatic nitrogens is 1. The van der Waals surface area contributed by atoms with Gasteiger partial charge >= 0.3 is 0 Å². The first kappa shape index (κ1) is 18.2. The molecule has 0 spiro atoms. The Morgan fingerprint density at radius 1 is 1.28 bits per heavy atom. The molecule has 0 saturated heterocycles. The first-order valence-corrected chi connectivity index (χ1v) is 10.2. The third-order valence-corrected chi connectivity index (χ3v) is 6.63. The van der Waals surface area contributed by atoms with Crippen LogP contribution in [0, 0.1) is 12.7 Å². The maximum atomic E-state index is 12.9. The van der Waals surface area contributed by atoms with E-state index in [0.717, 1.165) is 41.4 Å². The standard InChI is InChI=1S/C18H22FN3OS2/c1-12-11-24-18(21-12)25-16-8-6-15(7-9-16)22-17(23)10-20-14-4-2-13(19)3-5-14/h2-5,11,15-16,20H,6-10H2,1H3,(H,22,23). The average Bonchev–Trinajstić information content (AvgIpc) is 3.01. The molecule has 0 aliphatic heterocycles. The van der Waals surface area contributed by atoms with Crippen molar-refractivity contribution in [3.8, 4) is 0 Å². The number of amides is 1. The highest BCUT2D eigenvalue weighted by atomic mass is 32.2. The van der Waals surface area contributed by atoms with Gasteiger partial charge in [-0.1, -0.05) is 11.8 Å². The number of thiazole rings is 1. The molecule has 1 aliphatic rings. The normalized spacial score (nSPS) is 20.2. The summed E-state index contributed by atoms with van der Waals surface area (Å²) in [6.07, 6.45) is 4.20. The molecule has 1 aromatic carbocycles. The lowest BCUT2D eigenvalue weighted by atomic mass is 9.95. The summed E-state index contributed by atoms with van der Waals surface area (Å²) < 4.78 is 14.0. The van der Waals surface area contributed by atoms with Crippen LogP contribution in [0.1, 0.15) is 31.4 Å². The predicted octanol–water partition coefficient (Wildman–Crippen LogP) is 4.22. The Morgan fingerprint density at radius 2 is 2.00 bits per heavy atom. The van der Waals surface area contributed by atoms with E-state index in [1.54, 1.807) is 23.5 Å². The second-order valence-electron chi connectivity index (χ2n) is 6.27. The summed E-state index contributed by atoms with van der Waals surface area (Å²) in [6, 6.07) is 6.26. The second-order valence-corrected chi connectivity index (χ2v) is 8.68. The number of thioether (sulfide) groups is 1. The molecule has 0 radical (unpaired) electrons. The summed E-state index contributed by atoms with van der Waals surface area (Å²) in [4.78, 5) is 16.6. The zero-order valence-corrected chi connectivity index (χ0v) is 15.8. The van der Waals surface area contributed by atoms with Crippen LogP contribution in [0.4, 0.5) is 10.1 Å². The first-order chi connectivity index (χ1) is 12.1. The molecule has 0 atom stereocenters. The van der Waals surface area contributed by atoms with Gasteiger partial charge in [0.05, 0.1) is 6.54 Å². The summed E-state index contributed by atoms with van der Waals surface area (Å²) in [6.45, 7) is 2.23. The van der Waals surface area contributed by atoms with Gasteiger partial charge in [0.1, 0.15) is 10.2 Å². The fraction of sp³-hybridized carbons (Fsp3) is 0.444. The van der Waals surface area contributed by atoms with E-state index in [9.17, 15) is 9.18 Å². The average molecular weight is 380 g/mol. The Balaban J connectivity index is 1.36. The zero-order valence-electron chi connectivity index (χ0n) is 14.1. The lowest BCUT2D eigenvalue weighted by Gasteiger charge is -2.28. The SMILES string of the molecule is Cc1csc(SC2CCC(NC(=O)CNc3ccc(F)cc3)CC2)n1. The Bertz CT molecular complexity index is 697. The van der Waals surface area contributed by atoms with E-state index in [-0.39, 0.29) is 24.3 Å². The molecule has 0 unspecified atom stereocenters. The molecule has 1 fully saturated rings. The zero-order chi connectivity index (χ0) is 17.6. The van der Waals surface area contributed by atoms with Gasteiger partial charge in [-0.3, -0.25) is 4.79 Å². The van der Waals surface area contributed by atoms with Gasteiger partial charge in [0.15, 0.2) is 0 Å². The van der Waals surface area contributed by atoms with E-state index in [1.165, 1.54) is 12.1 Å². The van der Waals surface area contributed by atoms with Crippen LogP contribution in [0.3, 0.4) is 0 Å². The van der Waals surface area contributed by atoms with E-state index in [2.05, 4.69) is 21.0 Å².